The molecule has 7 nitrogen and oxygen atoms in total. The summed E-state index contributed by atoms with van der Waals surface area (Å²) in [6.45, 7) is 9.94. The number of anilines is 1. The molecule has 0 aliphatic carbocycles. The van der Waals surface area contributed by atoms with Crippen molar-refractivity contribution in [3.63, 3.8) is 0 Å². The maximum Gasteiger partial charge on any atom is 0.244 e. The summed E-state index contributed by atoms with van der Waals surface area (Å²) in [6.07, 6.45) is 1.02. The summed E-state index contributed by atoms with van der Waals surface area (Å²) in [5, 5.41) is 2.83. The van der Waals surface area contributed by atoms with Crippen LogP contribution in [0.2, 0.25) is 0 Å². The molecule has 1 atom stereocenters. The van der Waals surface area contributed by atoms with Crippen molar-refractivity contribution >= 4 is 27.5 Å². The third kappa shape index (κ3) is 7.55. The summed E-state index contributed by atoms with van der Waals surface area (Å²) in [5.41, 5.74) is 1.72. The molecule has 0 saturated heterocycles. The molecule has 0 saturated carbocycles. The van der Waals surface area contributed by atoms with Crippen LogP contribution in [0.3, 0.4) is 0 Å². The number of benzene rings is 2. The first-order valence-electron chi connectivity index (χ1n) is 11.0. The highest BCUT2D eigenvalue weighted by atomic mass is 32.2. The number of nitrogens with zero attached hydrogens (tertiary/aromatic N) is 2. The standard InChI is InChI=1S/C25H34FN3O4S/c1-17-12-18(2)14-21(13-17)29(34(7,32)33)16-23(30)28(15-20-10-8-9-11-22(20)26)19(3)24(31)27-25(4,5)6/h8-14,19H,15-16H2,1-7H3,(H,27,31). The second-order valence-electron chi connectivity index (χ2n) is 9.64. The first-order valence-corrected chi connectivity index (χ1v) is 12.8. The summed E-state index contributed by atoms with van der Waals surface area (Å²) in [5.74, 6) is -1.56. The molecule has 2 amide bonds. The summed E-state index contributed by atoms with van der Waals surface area (Å²) < 4.78 is 40.7. The molecular formula is C25H34FN3O4S. The van der Waals surface area contributed by atoms with E-state index < -0.39 is 45.8 Å². The molecule has 2 rings (SSSR count). The van der Waals surface area contributed by atoms with E-state index in [2.05, 4.69) is 5.32 Å². The number of nitrogens with one attached hydrogen (secondary N) is 1. The van der Waals surface area contributed by atoms with Gasteiger partial charge in [-0.05, 0) is 70.9 Å². The van der Waals surface area contributed by atoms with E-state index in [0.29, 0.717) is 5.69 Å². The van der Waals surface area contributed by atoms with Crippen molar-refractivity contribution in [2.24, 2.45) is 0 Å². The number of rotatable bonds is 8. The van der Waals surface area contributed by atoms with Crippen LogP contribution >= 0.6 is 0 Å². The molecule has 186 valence electrons. The predicted octanol–water partition coefficient (Wildman–Crippen LogP) is 3.54. The largest absolute Gasteiger partial charge is 0.350 e. The van der Waals surface area contributed by atoms with Gasteiger partial charge in [-0.15, -0.1) is 0 Å². The summed E-state index contributed by atoms with van der Waals surface area (Å²) >= 11 is 0. The minimum atomic E-state index is -3.82. The normalized spacial score (nSPS) is 12.7. The van der Waals surface area contributed by atoms with Gasteiger partial charge in [-0.2, -0.15) is 0 Å². The summed E-state index contributed by atoms with van der Waals surface area (Å²) in [4.78, 5) is 27.6. The van der Waals surface area contributed by atoms with E-state index in [1.54, 1.807) is 25.1 Å². The Hall–Kier alpha value is -2.94. The van der Waals surface area contributed by atoms with Gasteiger partial charge in [-0.3, -0.25) is 13.9 Å². The molecule has 0 fully saturated rings. The number of hydrogen-bond acceptors (Lipinski definition) is 4. The zero-order chi connectivity index (χ0) is 25.8. The van der Waals surface area contributed by atoms with Crippen LogP contribution in [0.25, 0.3) is 0 Å². The minimum Gasteiger partial charge on any atom is -0.350 e. The van der Waals surface area contributed by atoms with Gasteiger partial charge in [-0.1, -0.05) is 24.3 Å². The molecule has 0 aliphatic rings. The fourth-order valence-electron chi connectivity index (χ4n) is 3.58. The van der Waals surface area contributed by atoms with Gasteiger partial charge in [0.1, 0.15) is 18.4 Å². The fourth-order valence-corrected chi connectivity index (χ4v) is 4.41. The highest BCUT2D eigenvalue weighted by Gasteiger charge is 2.31. The van der Waals surface area contributed by atoms with Crippen LogP contribution in [-0.4, -0.2) is 49.5 Å². The van der Waals surface area contributed by atoms with Crippen LogP contribution in [0.1, 0.15) is 44.4 Å². The van der Waals surface area contributed by atoms with E-state index in [4.69, 9.17) is 0 Å². The van der Waals surface area contributed by atoms with E-state index in [1.165, 1.54) is 23.1 Å². The Balaban J connectivity index is 2.45. The van der Waals surface area contributed by atoms with Gasteiger partial charge in [0.15, 0.2) is 0 Å². The fraction of sp³-hybridized carbons (Fsp3) is 0.440. The second-order valence-corrected chi connectivity index (χ2v) is 11.6. The quantitative estimate of drug-likeness (QED) is 0.612. The molecule has 9 heteroatoms. The van der Waals surface area contributed by atoms with Gasteiger partial charge in [-0.25, -0.2) is 12.8 Å². The second kappa shape index (κ2) is 10.5. The molecule has 2 aromatic carbocycles. The molecule has 0 spiro atoms. The van der Waals surface area contributed by atoms with Crippen molar-refractivity contribution in [3.05, 3.63) is 65.0 Å². The maximum absolute atomic E-state index is 14.4. The smallest absolute Gasteiger partial charge is 0.244 e. The van der Waals surface area contributed by atoms with Gasteiger partial charge in [0.2, 0.25) is 21.8 Å². The first-order chi connectivity index (χ1) is 15.6. The Morgan fingerprint density at radius 3 is 2.12 bits per heavy atom. The Morgan fingerprint density at radius 1 is 1.06 bits per heavy atom. The van der Waals surface area contributed by atoms with E-state index in [9.17, 15) is 22.4 Å². The lowest BCUT2D eigenvalue weighted by Crippen LogP contribution is -2.54. The molecule has 1 N–H and O–H groups in total. The van der Waals surface area contributed by atoms with Gasteiger partial charge in [0, 0.05) is 17.6 Å². The van der Waals surface area contributed by atoms with E-state index in [-0.39, 0.29) is 12.1 Å². The average molecular weight is 492 g/mol. The Bertz CT molecular complexity index is 1140. The van der Waals surface area contributed by atoms with Gasteiger partial charge in [0.05, 0.1) is 11.9 Å². The van der Waals surface area contributed by atoms with Crippen LogP contribution in [-0.2, 0) is 26.2 Å². The van der Waals surface area contributed by atoms with Gasteiger partial charge >= 0.3 is 0 Å². The molecule has 0 aromatic heterocycles. The Kier molecular flexibility index (Phi) is 8.47. The Labute approximate surface area is 202 Å². The number of aryl methyl sites for hydroxylation is 2. The number of carbonyl (C=O) groups excluding carboxylic acids is 2. The minimum absolute atomic E-state index is 0.186. The first kappa shape index (κ1) is 27.3. The van der Waals surface area contributed by atoms with Crippen molar-refractivity contribution in [2.45, 2.75) is 59.7 Å². The average Bonchev–Trinajstić information content (AvgIpc) is 2.67. The van der Waals surface area contributed by atoms with Crippen molar-refractivity contribution in [3.8, 4) is 0 Å². The molecule has 0 heterocycles. The molecule has 0 aliphatic heterocycles. The highest BCUT2D eigenvalue weighted by molar-refractivity contribution is 7.92. The zero-order valence-corrected chi connectivity index (χ0v) is 21.7. The lowest BCUT2D eigenvalue weighted by molar-refractivity contribution is -0.140. The maximum atomic E-state index is 14.4. The summed E-state index contributed by atoms with van der Waals surface area (Å²) in [7, 11) is -3.82. The summed E-state index contributed by atoms with van der Waals surface area (Å²) in [6, 6.07) is 10.3. The van der Waals surface area contributed by atoms with Gasteiger partial charge in [0.25, 0.3) is 0 Å². The molecule has 34 heavy (non-hydrogen) atoms. The number of carbonyl (C=O) groups is 2. The topological polar surface area (TPSA) is 86.8 Å². The number of halogens is 1. The number of hydrogen-bond donors (Lipinski definition) is 1. The number of amides is 2. The third-order valence-corrected chi connectivity index (χ3v) is 6.28. The van der Waals surface area contributed by atoms with Crippen LogP contribution in [0, 0.1) is 19.7 Å². The monoisotopic (exact) mass is 491 g/mol. The molecular weight excluding hydrogens is 457 g/mol. The highest BCUT2D eigenvalue weighted by Crippen LogP contribution is 2.22. The van der Waals surface area contributed by atoms with Crippen molar-refractivity contribution in [1.29, 1.82) is 0 Å². The van der Waals surface area contributed by atoms with Crippen LogP contribution in [0.5, 0.6) is 0 Å². The van der Waals surface area contributed by atoms with Crippen LogP contribution in [0.15, 0.2) is 42.5 Å². The van der Waals surface area contributed by atoms with Crippen molar-refractivity contribution in [1.82, 2.24) is 10.2 Å². The SMILES string of the molecule is Cc1cc(C)cc(N(CC(=O)N(Cc2ccccc2F)C(C)C(=O)NC(C)(C)C)S(C)(=O)=O)c1. The van der Waals surface area contributed by atoms with E-state index in [1.807, 2.05) is 40.7 Å². The van der Waals surface area contributed by atoms with Gasteiger partial charge < -0.3 is 10.2 Å². The van der Waals surface area contributed by atoms with Crippen LogP contribution in [0.4, 0.5) is 10.1 Å². The van der Waals surface area contributed by atoms with Crippen molar-refractivity contribution in [2.75, 3.05) is 17.1 Å². The van der Waals surface area contributed by atoms with E-state index in [0.717, 1.165) is 21.7 Å². The van der Waals surface area contributed by atoms with Crippen LogP contribution < -0.4 is 9.62 Å². The zero-order valence-electron chi connectivity index (χ0n) is 20.8. The lowest BCUT2D eigenvalue weighted by Gasteiger charge is -2.33. The molecule has 0 bridgehead atoms. The molecule has 2 aromatic rings. The van der Waals surface area contributed by atoms with Crippen molar-refractivity contribution < 1.29 is 22.4 Å². The Morgan fingerprint density at radius 2 is 1.62 bits per heavy atom. The molecule has 1 unspecified atom stereocenters. The number of sulfonamides is 1. The molecule has 0 radical (unpaired) electrons. The predicted molar refractivity (Wildman–Crippen MR) is 132 cm³/mol. The lowest BCUT2D eigenvalue weighted by atomic mass is 10.1. The third-order valence-electron chi connectivity index (χ3n) is 5.14. The van der Waals surface area contributed by atoms with E-state index >= 15 is 0 Å².